The number of para-hydroxylation sites is 1. The van der Waals surface area contributed by atoms with E-state index in [1.165, 1.54) is 4.90 Å². The summed E-state index contributed by atoms with van der Waals surface area (Å²) in [5, 5.41) is 2.93. The number of pyridine rings is 1. The van der Waals surface area contributed by atoms with Gasteiger partial charge in [-0.15, -0.1) is 0 Å². The molecule has 8 nitrogen and oxygen atoms in total. The van der Waals surface area contributed by atoms with E-state index >= 15 is 0 Å². The minimum Gasteiger partial charge on any atom is -0.486 e. The van der Waals surface area contributed by atoms with Gasteiger partial charge in [0.1, 0.15) is 23.6 Å². The Labute approximate surface area is 210 Å². The van der Waals surface area contributed by atoms with Crippen LogP contribution in [0.5, 0.6) is 5.75 Å². The van der Waals surface area contributed by atoms with Crippen LogP contribution < -0.4 is 10.1 Å². The molecule has 8 heteroatoms. The molecule has 4 rings (SSSR count). The molecule has 0 saturated heterocycles. The number of carbonyl (C=O) groups is 2. The fourth-order valence-corrected chi connectivity index (χ4v) is 3.61. The number of anilines is 1. The van der Waals surface area contributed by atoms with E-state index in [9.17, 15) is 9.59 Å². The topological polar surface area (TPSA) is 85.2 Å². The normalized spacial score (nSPS) is 11.2. The van der Waals surface area contributed by atoms with E-state index in [-0.39, 0.29) is 12.5 Å². The molecule has 2 aromatic heterocycles. The van der Waals surface area contributed by atoms with Crippen LogP contribution in [0.3, 0.4) is 0 Å². The summed E-state index contributed by atoms with van der Waals surface area (Å²) in [6.07, 6.45) is 3.42. The summed E-state index contributed by atoms with van der Waals surface area (Å²) in [7, 11) is 1.68. The van der Waals surface area contributed by atoms with Crippen LogP contribution >= 0.6 is 0 Å². The van der Waals surface area contributed by atoms with Crippen molar-refractivity contribution in [2.24, 2.45) is 0 Å². The van der Waals surface area contributed by atoms with E-state index in [4.69, 9.17) is 9.47 Å². The maximum atomic E-state index is 13.1. The molecule has 0 radical (unpaired) electrons. The van der Waals surface area contributed by atoms with Gasteiger partial charge in [0.2, 0.25) is 0 Å². The highest BCUT2D eigenvalue weighted by atomic mass is 16.6. The number of carbonyl (C=O) groups excluding carboxylic acids is 2. The van der Waals surface area contributed by atoms with Gasteiger partial charge in [0, 0.05) is 31.7 Å². The average molecular weight is 487 g/mol. The summed E-state index contributed by atoms with van der Waals surface area (Å²) in [5.41, 5.74) is 2.92. The van der Waals surface area contributed by atoms with Crippen LogP contribution in [0, 0.1) is 0 Å². The molecular formula is C28H30N4O4. The highest BCUT2D eigenvalue weighted by Crippen LogP contribution is 2.22. The first kappa shape index (κ1) is 24.8. The summed E-state index contributed by atoms with van der Waals surface area (Å²) in [4.78, 5) is 31.4. The highest BCUT2D eigenvalue weighted by Gasteiger charge is 2.20. The Morgan fingerprint density at radius 2 is 1.81 bits per heavy atom. The standard InChI is InChI=1S/C28H30N4O4/c1-28(2,3)36-27(34)31(4)17-20-10-9-11-21(16-20)30-26(33)23-12-5-6-13-24(23)35-19-22-18-32-15-8-7-14-25(32)29-22/h5-16,18H,17,19H2,1-4H3,(H,30,33). The van der Waals surface area contributed by atoms with Crippen LogP contribution in [0.4, 0.5) is 10.5 Å². The molecule has 186 valence electrons. The smallest absolute Gasteiger partial charge is 0.410 e. The van der Waals surface area contributed by atoms with E-state index in [2.05, 4.69) is 10.3 Å². The zero-order chi connectivity index (χ0) is 25.7. The number of fused-ring (bicyclic) bond motifs is 1. The average Bonchev–Trinajstić information content (AvgIpc) is 3.25. The summed E-state index contributed by atoms with van der Waals surface area (Å²) >= 11 is 0. The third-order valence-electron chi connectivity index (χ3n) is 5.23. The van der Waals surface area contributed by atoms with Gasteiger partial charge in [-0.05, 0) is 62.7 Å². The van der Waals surface area contributed by atoms with E-state index in [0.29, 0.717) is 23.5 Å². The van der Waals surface area contributed by atoms with Crippen molar-refractivity contribution in [1.29, 1.82) is 0 Å². The van der Waals surface area contributed by atoms with Gasteiger partial charge in [-0.1, -0.05) is 30.3 Å². The number of imidazole rings is 1. The maximum Gasteiger partial charge on any atom is 0.410 e. The molecule has 0 atom stereocenters. The molecule has 0 bridgehead atoms. The molecule has 2 aromatic carbocycles. The molecule has 2 heterocycles. The first-order chi connectivity index (χ1) is 17.2. The lowest BCUT2D eigenvalue weighted by Crippen LogP contribution is -2.33. The Balaban J connectivity index is 1.41. The number of aromatic nitrogens is 2. The fraction of sp³-hybridized carbons (Fsp3) is 0.250. The first-order valence-electron chi connectivity index (χ1n) is 11.7. The van der Waals surface area contributed by atoms with Crippen molar-refractivity contribution in [2.75, 3.05) is 12.4 Å². The van der Waals surface area contributed by atoms with E-state index in [1.54, 1.807) is 31.3 Å². The van der Waals surface area contributed by atoms with Gasteiger partial charge in [0.25, 0.3) is 5.91 Å². The van der Waals surface area contributed by atoms with Gasteiger partial charge in [-0.3, -0.25) is 4.79 Å². The minimum absolute atomic E-state index is 0.235. The maximum absolute atomic E-state index is 13.1. The number of nitrogens with one attached hydrogen (secondary N) is 1. The second-order valence-corrected chi connectivity index (χ2v) is 9.47. The summed E-state index contributed by atoms with van der Waals surface area (Å²) in [6, 6.07) is 20.2. The van der Waals surface area contributed by atoms with Gasteiger partial charge in [0.05, 0.1) is 11.3 Å². The quantitative estimate of drug-likeness (QED) is 0.371. The van der Waals surface area contributed by atoms with Crippen molar-refractivity contribution >= 4 is 23.3 Å². The monoisotopic (exact) mass is 486 g/mol. The fourth-order valence-electron chi connectivity index (χ4n) is 3.61. The summed E-state index contributed by atoms with van der Waals surface area (Å²) in [6.45, 7) is 6.06. The molecule has 36 heavy (non-hydrogen) atoms. The molecule has 0 aliphatic carbocycles. The Morgan fingerprint density at radius 3 is 2.58 bits per heavy atom. The van der Waals surface area contributed by atoms with Crippen molar-refractivity contribution in [3.8, 4) is 5.75 Å². The number of benzene rings is 2. The molecule has 0 fully saturated rings. The van der Waals surface area contributed by atoms with E-state index in [1.807, 2.05) is 80.0 Å². The number of hydrogen-bond donors (Lipinski definition) is 1. The van der Waals surface area contributed by atoms with Crippen molar-refractivity contribution in [2.45, 2.75) is 39.5 Å². The van der Waals surface area contributed by atoms with Gasteiger partial charge in [-0.2, -0.15) is 0 Å². The van der Waals surface area contributed by atoms with Crippen LogP contribution in [0.15, 0.2) is 79.1 Å². The highest BCUT2D eigenvalue weighted by molar-refractivity contribution is 6.06. The SMILES string of the molecule is CN(Cc1cccc(NC(=O)c2ccccc2OCc2cn3ccccc3n2)c1)C(=O)OC(C)(C)C. The van der Waals surface area contributed by atoms with Crippen LogP contribution in [0.1, 0.15) is 42.4 Å². The lowest BCUT2D eigenvalue weighted by molar-refractivity contribution is 0.0285. The Morgan fingerprint density at radius 1 is 1.03 bits per heavy atom. The predicted octanol–water partition coefficient (Wildman–Crippen LogP) is 5.53. The summed E-state index contributed by atoms with van der Waals surface area (Å²) in [5.74, 6) is 0.172. The van der Waals surface area contributed by atoms with E-state index in [0.717, 1.165) is 16.9 Å². The third-order valence-corrected chi connectivity index (χ3v) is 5.23. The van der Waals surface area contributed by atoms with Crippen molar-refractivity contribution in [3.63, 3.8) is 0 Å². The van der Waals surface area contributed by atoms with Crippen molar-refractivity contribution in [3.05, 3.63) is 95.9 Å². The lowest BCUT2D eigenvalue weighted by Gasteiger charge is -2.24. The zero-order valence-corrected chi connectivity index (χ0v) is 20.9. The Hall–Kier alpha value is -4.33. The molecular weight excluding hydrogens is 456 g/mol. The van der Waals surface area contributed by atoms with Gasteiger partial charge >= 0.3 is 6.09 Å². The number of hydrogen-bond acceptors (Lipinski definition) is 5. The minimum atomic E-state index is -0.568. The van der Waals surface area contributed by atoms with Crippen molar-refractivity contribution < 1.29 is 19.1 Å². The second kappa shape index (κ2) is 10.5. The lowest BCUT2D eigenvalue weighted by atomic mass is 10.1. The van der Waals surface area contributed by atoms with E-state index < -0.39 is 11.7 Å². The van der Waals surface area contributed by atoms with Crippen molar-refractivity contribution in [1.82, 2.24) is 14.3 Å². The zero-order valence-electron chi connectivity index (χ0n) is 20.9. The molecule has 0 saturated carbocycles. The Kier molecular flexibility index (Phi) is 7.24. The predicted molar refractivity (Wildman–Crippen MR) is 138 cm³/mol. The largest absolute Gasteiger partial charge is 0.486 e. The molecule has 4 aromatic rings. The molecule has 0 unspecified atom stereocenters. The third kappa shape index (κ3) is 6.41. The molecule has 1 N–H and O–H groups in total. The number of rotatable bonds is 7. The van der Waals surface area contributed by atoms with Crippen LogP contribution in [0.25, 0.3) is 5.65 Å². The number of ether oxygens (including phenoxy) is 2. The summed E-state index contributed by atoms with van der Waals surface area (Å²) < 4.78 is 13.3. The van der Waals surface area contributed by atoms with Crippen LogP contribution in [0.2, 0.25) is 0 Å². The van der Waals surface area contributed by atoms with Gasteiger partial charge in [-0.25, -0.2) is 9.78 Å². The molecule has 0 aliphatic rings. The van der Waals surface area contributed by atoms with Crippen LogP contribution in [-0.4, -0.2) is 38.9 Å². The molecule has 0 spiro atoms. The van der Waals surface area contributed by atoms with Crippen LogP contribution in [-0.2, 0) is 17.9 Å². The number of amides is 2. The molecule has 0 aliphatic heterocycles. The molecule has 2 amide bonds. The first-order valence-corrected chi connectivity index (χ1v) is 11.7. The Bertz CT molecular complexity index is 1340. The van der Waals surface area contributed by atoms with Gasteiger partial charge in [0.15, 0.2) is 0 Å². The number of nitrogens with zero attached hydrogens (tertiary/aromatic N) is 3. The second-order valence-electron chi connectivity index (χ2n) is 9.47. The van der Waals surface area contributed by atoms with Gasteiger partial charge < -0.3 is 24.1 Å².